The van der Waals surface area contributed by atoms with Gasteiger partial charge in [-0.1, -0.05) is 0 Å². The zero-order valence-electron chi connectivity index (χ0n) is 9.11. The predicted octanol–water partition coefficient (Wildman–Crippen LogP) is 1.31. The van der Waals surface area contributed by atoms with Crippen LogP contribution in [0.4, 0.5) is 4.39 Å². The number of carboxylic acids is 2. The Hall–Kier alpha value is -1.95. The fraction of sp³-hybridized carbons (Fsp3) is 0.273. The van der Waals surface area contributed by atoms with Gasteiger partial charge < -0.3 is 15.9 Å². The fourth-order valence-corrected chi connectivity index (χ4v) is 1.55. The maximum absolute atomic E-state index is 13.3. The summed E-state index contributed by atoms with van der Waals surface area (Å²) in [5, 5.41) is 17.3. The molecule has 1 aromatic rings. The number of carbonyl (C=O) groups is 2. The average molecular weight is 241 g/mol. The van der Waals surface area contributed by atoms with Crippen molar-refractivity contribution in [2.45, 2.75) is 19.4 Å². The molecule has 0 radical (unpaired) electrons. The van der Waals surface area contributed by atoms with Crippen LogP contribution in [0.25, 0.3) is 0 Å². The van der Waals surface area contributed by atoms with Gasteiger partial charge in [-0.05, 0) is 30.2 Å². The van der Waals surface area contributed by atoms with Gasteiger partial charge >= 0.3 is 11.9 Å². The second-order valence-electron chi connectivity index (χ2n) is 3.70. The third-order valence-electron chi connectivity index (χ3n) is 2.38. The van der Waals surface area contributed by atoms with Crippen molar-refractivity contribution < 1.29 is 24.2 Å². The van der Waals surface area contributed by atoms with Gasteiger partial charge in [0, 0.05) is 6.04 Å². The predicted molar refractivity (Wildman–Crippen MR) is 57.3 cm³/mol. The highest BCUT2D eigenvalue weighted by Gasteiger charge is 2.18. The standard InChI is InChI=1S/C11H12FNO4/c1-5-2-8(12)7(11(16)17)3-6(5)9(13)4-10(14)15/h2-3,9H,4,13H2,1H3,(H,14,15)(H,16,17). The molecule has 92 valence electrons. The molecule has 1 aromatic carbocycles. The Morgan fingerprint density at radius 3 is 2.47 bits per heavy atom. The number of aromatic carboxylic acids is 1. The highest BCUT2D eigenvalue weighted by Crippen LogP contribution is 2.22. The molecule has 6 heteroatoms. The molecule has 0 aromatic heterocycles. The molecule has 0 aliphatic heterocycles. The monoisotopic (exact) mass is 241 g/mol. The average Bonchev–Trinajstić information content (AvgIpc) is 2.15. The van der Waals surface area contributed by atoms with Gasteiger partial charge in [0.2, 0.25) is 0 Å². The first-order valence-corrected chi connectivity index (χ1v) is 4.83. The van der Waals surface area contributed by atoms with E-state index in [4.69, 9.17) is 15.9 Å². The van der Waals surface area contributed by atoms with Crippen molar-refractivity contribution in [3.63, 3.8) is 0 Å². The highest BCUT2D eigenvalue weighted by molar-refractivity contribution is 5.88. The quantitative estimate of drug-likeness (QED) is 0.737. The molecule has 0 aliphatic rings. The van der Waals surface area contributed by atoms with Crippen molar-refractivity contribution in [2.24, 2.45) is 5.73 Å². The van der Waals surface area contributed by atoms with Crippen LogP contribution < -0.4 is 5.73 Å². The van der Waals surface area contributed by atoms with Gasteiger partial charge in [0.1, 0.15) is 5.82 Å². The summed E-state index contributed by atoms with van der Waals surface area (Å²) in [5.74, 6) is -3.37. The summed E-state index contributed by atoms with van der Waals surface area (Å²) in [6.45, 7) is 1.55. The molecule has 0 saturated carbocycles. The summed E-state index contributed by atoms with van der Waals surface area (Å²) < 4.78 is 13.3. The summed E-state index contributed by atoms with van der Waals surface area (Å²) >= 11 is 0. The van der Waals surface area contributed by atoms with Crippen LogP contribution in [0.1, 0.15) is 33.9 Å². The second-order valence-corrected chi connectivity index (χ2v) is 3.70. The molecule has 0 bridgehead atoms. The lowest BCUT2D eigenvalue weighted by molar-refractivity contribution is -0.137. The van der Waals surface area contributed by atoms with Gasteiger partial charge in [-0.25, -0.2) is 9.18 Å². The number of halogens is 1. The van der Waals surface area contributed by atoms with E-state index in [1.807, 2.05) is 0 Å². The van der Waals surface area contributed by atoms with Crippen LogP contribution in [0, 0.1) is 12.7 Å². The lowest BCUT2D eigenvalue weighted by Gasteiger charge is -2.14. The van der Waals surface area contributed by atoms with Crippen LogP contribution in [-0.2, 0) is 4.79 Å². The molecule has 17 heavy (non-hydrogen) atoms. The van der Waals surface area contributed by atoms with Gasteiger partial charge in [-0.2, -0.15) is 0 Å². The Morgan fingerprint density at radius 1 is 1.41 bits per heavy atom. The lowest BCUT2D eigenvalue weighted by Crippen LogP contribution is -2.17. The molecule has 0 amide bonds. The van der Waals surface area contributed by atoms with Gasteiger partial charge in [-0.15, -0.1) is 0 Å². The van der Waals surface area contributed by atoms with Gasteiger partial charge in [0.25, 0.3) is 0 Å². The number of aliphatic carboxylic acids is 1. The van der Waals surface area contributed by atoms with E-state index in [-0.39, 0.29) is 6.42 Å². The Kier molecular flexibility index (Phi) is 3.80. The van der Waals surface area contributed by atoms with Crippen LogP contribution in [-0.4, -0.2) is 22.2 Å². The van der Waals surface area contributed by atoms with Crippen molar-refractivity contribution in [2.75, 3.05) is 0 Å². The van der Waals surface area contributed by atoms with E-state index in [2.05, 4.69) is 0 Å². The Morgan fingerprint density at radius 2 is 2.00 bits per heavy atom. The first-order chi connectivity index (χ1) is 7.82. The van der Waals surface area contributed by atoms with E-state index < -0.39 is 29.4 Å². The van der Waals surface area contributed by atoms with Crippen molar-refractivity contribution >= 4 is 11.9 Å². The molecule has 1 unspecified atom stereocenters. The van der Waals surface area contributed by atoms with Crippen molar-refractivity contribution in [1.29, 1.82) is 0 Å². The number of aryl methyl sites for hydroxylation is 1. The molecule has 5 nitrogen and oxygen atoms in total. The van der Waals surface area contributed by atoms with E-state index in [0.717, 1.165) is 12.1 Å². The molecule has 4 N–H and O–H groups in total. The smallest absolute Gasteiger partial charge is 0.338 e. The van der Waals surface area contributed by atoms with Crippen LogP contribution in [0.3, 0.4) is 0 Å². The van der Waals surface area contributed by atoms with Gasteiger partial charge in [0.15, 0.2) is 0 Å². The molecule has 1 rings (SSSR count). The molecule has 0 aliphatic carbocycles. The zero-order valence-corrected chi connectivity index (χ0v) is 9.11. The maximum Gasteiger partial charge on any atom is 0.338 e. The molecule has 1 atom stereocenters. The topological polar surface area (TPSA) is 101 Å². The number of hydrogen-bond donors (Lipinski definition) is 3. The lowest BCUT2D eigenvalue weighted by atomic mass is 9.96. The van der Waals surface area contributed by atoms with Crippen molar-refractivity contribution in [3.05, 3.63) is 34.6 Å². The third kappa shape index (κ3) is 3.01. The normalized spacial score (nSPS) is 12.2. The zero-order chi connectivity index (χ0) is 13.2. The maximum atomic E-state index is 13.3. The van der Waals surface area contributed by atoms with E-state index >= 15 is 0 Å². The van der Waals surface area contributed by atoms with Gasteiger partial charge in [0.05, 0.1) is 12.0 Å². The minimum atomic E-state index is -1.41. The summed E-state index contributed by atoms with van der Waals surface area (Å²) in [6.07, 6.45) is -0.342. The Bertz CT molecular complexity index is 473. The summed E-state index contributed by atoms with van der Waals surface area (Å²) in [6, 6.07) is 1.27. The Balaban J connectivity index is 3.19. The molecule has 0 fully saturated rings. The molecular formula is C11H12FNO4. The molecular weight excluding hydrogens is 229 g/mol. The van der Waals surface area contributed by atoms with E-state index in [1.54, 1.807) is 6.92 Å². The summed E-state index contributed by atoms with van der Waals surface area (Å²) in [5.41, 5.74) is 5.87. The Labute approximate surface area is 96.7 Å². The first-order valence-electron chi connectivity index (χ1n) is 4.83. The SMILES string of the molecule is Cc1cc(F)c(C(=O)O)cc1C(N)CC(=O)O. The van der Waals surface area contributed by atoms with E-state index in [9.17, 15) is 14.0 Å². The van der Waals surface area contributed by atoms with Crippen LogP contribution >= 0.6 is 0 Å². The van der Waals surface area contributed by atoms with Gasteiger partial charge in [-0.3, -0.25) is 4.79 Å². The first kappa shape index (κ1) is 13.1. The second kappa shape index (κ2) is 4.92. The van der Waals surface area contributed by atoms with Crippen LogP contribution in [0.15, 0.2) is 12.1 Å². The minimum absolute atomic E-state index is 0.325. The van der Waals surface area contributed by atoms with Crippen molar-refractivity contribution in [1.82, 2.24) is 0 Å². The minimum Gasteiger partial charge on any atom is -0.481 e. The molecule has 0 heterocycles. The number of hydrogen-bond acceptors (Lipinski definition) is 3. The largest absolute Gasteiger partial charge is 0.481 e. The van der Waals surface area contributed by atoms with Crippen LogP contribution in [0.5, 0.6) is 0 Å². The fourth-order valence-electron chi connectivity index (χ4n) is 1.55. The van der Waals surface area contributed by atoms with E-state index in [0.29, 0.717) is 11.1 Å². The number of benzene rings is 1. The number of nitrogens with two attached hydrogens (primary N) is 1. The summed E-state index contributed by atoms with van der Waals surface area (Å²) in [4.78, 5) is 21.2. The van der Waals surface area contributed by atoms with Crippen molar-refractivity contribution in [3.8, 4) is 0 Å². The molecule has 0 spiro atoms. The highest BCUT2D eigenvalue weighted by atomic mass is 19.1. The van der Waals surface area contributed by atoms with E-state index in [1.165, 1.54) is 0 Å². The molecule has 0 saturated heterocycles. The van der Waals surface area contributed by atoms with Crippen LogP contribution in [0.2, 0.25) is 0 Å². The number of carboxylic acid groups (broad SMARTS) is 2. The number of rotatable bonds is 4. The summed E-state index contributed by atoms with van der Waals surface area (Å²) in [7, 11) is 0. The third-order valence-corrected chi connectivity index (χ3v) is 2.38.